The summed E-state index contributed by atoms with van der Waals surface area (Å²) >= 11 is 1.22. The van der Waals surface area contributed by atoms with E-state index >= 15 is 0 Å². The van der Waals surface area contributed by atoms with Gasteiger partial charge in [-0.05, 0) is 104 Å². The summed E-state index contributed by atoms with van der Waals surface area (Å²) in [5.74, 6) is -1.57. The van der Waals surface area contributed by atoms with Crippen molar-refractivity contribution in [2.24, 2.45) is 20.5 Å². The normalized spacial score (nSPS) is 12.2. The molecule has 0 saturated carbocycles. The molecule has 0 aromatic heterocycles. The zero-order valence-electron chi connectivity index (χ0n) is 32.8. The number of hydrogen-bond acceptors (Lipinski definition) is 20. The Morgan fingerprint density at radius 2 is 1.47 bits per heavy atom. The number of methoxy groups -OCH3 is 1. The molecule has 1 unspecified atom stereocenters. The number of Topliss-reactive ketones (excluding diaryl/α,β-unsaturated/α-hetero) is 1. The highest BCUT2D eigenvalue weighted by Crippen LogP contribution is 2.37. The summed E-state index contributed by atoms with van der Waals surface area (Å²) in [4.78, 5) is 39.2. The maximum atomic E-state index is 13.4. The van der Waals surface area contributed by atoms with Crippen molar-refractivity contribution in [1.82, 2.24) is 0 Å². The second-order valence-corrected chi connectivity index (χ2v) is 15.6. The molecule has 0 saturated heterocycles. The number of carbonyl (C=O) groups excluding carboxylic acids is 3. The van der Waals surface area contributed by atoms with Crippen LogP contribution in [0.25, 0.3) is 10.8 Å². The van der Waals surface area contributed by atoms with E-state index in [0.29, 0.717) is 51.2 Å². The van der Waals surface area contributed by atoms with Gasteiger partial charge in [0.05, 0.1) is 66.2 Å². The summed E-state index contributed by atoms with van der Waals surface area (Å²) in [5.41, 5.74) is 2.58. The van der Waals surface area contributed by atoms with Gasteiger partial charge in [0.1, 0.15) is 23.0 Å². The van der Waals surface area contributed by atoms with Gasteiger partial charge in [-0.15, -0.1) is 8.67 Å². The van der Waals surface area contributed by atoms with Crippen LogP contribution >= 0.6 is 24.1 Å². The van der Waals surface area contributed by atoms with Crippen LogP contribution in [0.15, 0.2) is 114 Å². The molecule has 21 nitrogen and oxygen atoms in total. The molecule has 2 amide bonds. The Hall–Kier alpha value is -5.90. The number of azo groups is 2. The van der Waals surface area contributed by atoms with Crippen LogP contribution in [0, 0.1) is 13.8 Å². The number of carbonyl (C=O) groups is 3. The Morgan fingerprint density at radius 1 is 0.790 bits per heavy atom. The van der Waals surface area contributed by atoms with E-state index in [1.807, 2.05) is 0 Å². The highest BCUT2D eigenvalue weighted by Gasteiger charge is 2.25. The van der Waals surface area contributed by atoms with Crippen LogP contribution in [0.5, 0.6) is 11.5 Å². The monoisotopic (exact) mass is 912 g/mol. The van der Waals surface area contributed by atoms with Gasteiger partial charge in [0.2, 0.25) is 6.04 Å². The molecule has 0 aliphatic carbocycles. The summed E-state index contributed by atoms with van der Waals surface area (Å²) in [6, 6.07) is 17.6. The lowest BCUT2D eigenvalue weighted by molar-refractivity contribution is -0.432. The lowest BCUT2D eigenvalue weighted by atomic mass is 10.1. The molecule has 0 bridgehead atoms. The third-order valence-corrected chi connectivity index (χ3v) is 10.6. The van der Waals surface area contributed by atoms with Gasteiger partial charge in [-0.3, -0.25) is 18.9 Å². The fourth-order valence-corrected chi connectivity index (χ4v) is 7.23. The molecule has 1 atom stereocenters. The third-order valence-electron chi connectivity index (χ3n) is 8.44. The van der Waals surface area contributed by atoms with Crippen molar-refractivity contribution in [2.45, 2.75) is 41.5 Å². The Balaban J connectivity index is 1.31. The van der Waals surface area contributed by atoms with Crippen molar-refractivity contribution in [3.8, 4) is 11.5 Å². The number of amides is 2. The van der Waals surface area contributed by atoms with Gasteiger partial charge >= 0.3 is 0 Å². The molecule has 0 radical (unpaired) electrons. The number of nitrogens with zero attached hydrogens (tertiary/aromatic N) is 4. The van der Waals surface area contributed by atoms with Gasteiger partial charge in [0.15, 0.2) is 5.78 Å². The molecule has 5 aromatic carbocycles. The Morgan fingerprint density at radius 3 is 2.13 bits per heavy atom. The molecule has 62 heavy (non-hydrogen) atoms. The minimum absolute atomic E-state index is 0.123. The van der Waals surface area contributed by atoms with Gasteiger partial charge in [0.25, 0.3) is 21.9 Å². The number of ketones is 1. The van der Waals surface area contributed by atoms with E-state index in [2.05, 4.69) is 49.8 Å². The third kappa shape index (κ3) is 12.4. The molecule has 0 aliphatic heterocycles. The van der Waals surface area contributed by atoms with Crippen molar-refractivity contribution < 1.29 is 71.2 Å². The zero-order valence-corrected chi connectivity index (χ0v) is 35.2. The number of rotatable bonds is 20. The summed E-state index contributed by atoms with van der Waals surface area (Å²) in [7, 11) is -3.34. The average Bonchev–Trinajstić information content (AvgIpc) is 3.24. The zero-order chi connectivity index (χ0) is 45.0. The van der Waals surface area contributed by atoms with Crippen molar-refractivity contribution in [2.75, 3.05) is 31.0 Å². The van der Waals surface area contributed by atoms with Crippen LogP contribution in [0.1, 0.15) is 28.4 Å². The SMILES string of the molecule is COc1cc(SOOO)c(C)cc1NC(=O)C(/N=N/c1ccc(C(=O)Nc2cc(C)c(/N=N/c3ccc4cc(SOOO)cc(S(=O)(=O)O)c4c3)cc2OCCO)cc1)C(C)=O. The van der Waals surface area contributed by atoms with Gasteiger partial charge in [-0.1, -0.05) is 16.1 Å². The lowest BCUT2D eigenvalue weighted by Crippen LogP contribution is -2.32. The lowest BCUT2D eigenvalue weighted by Gasteiger charge is -2.15. The summed E-state index contributed by atoms with van der Waals surface area (Å²) in [6.07, 6.45) is 0. The topological polar surface area (TPSA) is 295 Å². The second-order valence-electron chi connectivity index (χ2n) is 12.7. The van der Waals surface area contributed by atoms with Crippen LogP contribution in [0.3, 0.4) is 0 Å². The molecule has 0 heterocycles. The number of nitrogens with one attached hydrogen (secondary N) is 2. The molecular formula is C38H36N6O15S3. The highest BCUT2D eigenvalue weighted by atomic mass is 32.2. The van der Waals surface area contributed by atoms with Crippen LogP contribution in [0.4, 0.5) is 28.4 Å². The van der Waals surface area contributed by atoms with Gasteiger partial charge in [-0.25, -0.2) is 10.5 Å². The molecule has 0 aliphatic rings. The number of anilines is 2. The fraction of sp³-hybridized carbons (Fsp3) is 0.184. The molecule has 5 aromatic rings. The highest BCUT2D eigenvalue weighted by molar-refractivity contribution is 7.94. The van der Waals surface area contributed by atoms with E-state index in [1.54, 1.807) is 32.0 Å². The standard InChI is InChI=1S/C38H36N6O15S3/c1-20-13-31(33(55-12-11-45)18-29(20)43-42-26-10-7-24-15-27(60-58-56-49)17-35(28(24)16-26)62(51,52)53)39-37(47)23-5-8-25(9-6-23)41-44-36(22(3)46)38(48)40-30-14-21(2)34(61-59-57-50)19-32(30)54-4/h5-10,13-19,36,45,49-50H,11-12H2,1-4H3,(H,39,47)(H,40,48)(H,51,52,53)/b43-42+,44-41+. The first-order valence-corrected chi connectivity index (χ1v) is 20.5. The van der Waals surface area contributed by atoms with Crippen LogP contribution < -0.4 is 20.1 Å². The first kappa shape index (κ1) is 47.2. The van der Waals surface area contributed by atoms with Gasteiger partial charge in [0, 0.05) is 26.8 Å². The molecule has 5 rings (SSSR count). The van der Waals surface area contributed by atoms with Gasteiger partial charge < -0.3 is 25.2 Å². The van der Waals surface area contributed by atoms with E-state index in [-0.39, 0.29) is 63.3 Å². The predicted molar refractivity (Wildman–Crippen MR) is 223 cm³/mol. The fourth-order valence-electron chi connectivity index (χ4n) is 5.53. The quantitative estimate of drug-likeness (QED) is 0.0107. The first-order valence-electron chi connectivity index (χ1n) is 17.6. The number of fused-ring (bicyclic) bond motifs is 1. The Bertz CT molecular complexity index is 2630. The molecule has 326 valence electrons. The Labute approximate surface area is 360 Å². The number of benzene rings is 5. The smallest absolute Gasteiger partial charge is 0.295 e. The minimum Gasteiger partial charge on any atom is -0.495 e. The average molecular weight is 913 g/mol. The molecule has 24 heteroatoms. The maximum absolute atomic E-state index is 13.4. The molecule has 0 spiro atoms. The van der Waals surface area contributed by atoms with Crippen molar-refractivity contribution in [1.29, 1.82) is 0 Å². The molecule has 0 fully saturated rings. The van der Waals surface area contributed by atoms with E-state index in [9.17, 15) is 32.5 Å². The number of ether oxygens (including phenoxy) is 2. The van der Waals surface area contributed by atoms with Crippen molar-refractivity contribution >= 4 is 91.0 Å². The largest absolute Gasteiger partial charge is 0.495 e. The van der Waals surface area contributed by atoms with E-state index in [4.69, 9.17) is 20.0 Å². The minimum atomic E-state index is -4.71. The van der Waals surface area contributed by atoms with Crippen LogP contribution in [-0.2, 0) is 38.5 Å². The van der Waals surface area contributed by atoms with Gasteiger partial charge in [-0.2, -0.15) is 28.9 Å². The molecule has 6 N–H and O–H groups in total. The Kier molecular flexibility index (Phi) is 16.5. The van der Waals surface area contributed by atoms with Crippen molar-refractivity contribution in [3.05, 3.63) is 95.6 Å². The van der Waals surface area contributed by atoms with Crippen molar-refractivity contribution in [3.63, 3.8) is 0 Å². The van der Waals surface area contributed by atoms with Crippen LogP contribution in [-0.4, -0.2) is 72.6 Å². The number of aliphatic hydroxyl groups excluding tert-OH is 1. The summed E-state index contributed by atoms with van der Waals surface area (Å²) in [6.45, 7) is 4.11. The van der Waals surface area contributed by atoms with E-state index in [1.165, 1.54) is 68.6 Å². The predicted octanol–water partition coefficient (Wildman–Crippen LogP) is 8.29. The van der Waals surface area contributed by atoms with E-state index < -0.39 is 38.7 Å². The number of aliphatic hydroxyl groups is 1. The molecular weight excluding hydrogens is 877 g/mol. The number of aryl methyl sites for hydroxylation is 2. The summed E-state index contributed by atoms with van der Waals surface area (Å²) in [5, 5.41) is 56.0. The van der Waals surface area contributed by atoms with E-state index in [0.717, 1.165) is 6.07 Å². The first-order chi connectivity index (χ1) is 29.6. The maximum Gasteiger partial charge on any atom is 0.295 e. The second kappa shape index (κ2) is 21.8. The van der Waals surface area contributed by atoms with Crippen LogP contribution in [0.2, 0.25) is 0 Å². The number of hydrogen-bond donors (Lipinski definition) is 6. The summed E-state index contributed by atoms with van der Waals surface area (Å²) < 4.78 is 54.2.